The first-order valence-electron chi connectivity index (χ1n) is 5.81. The van der Waals surface area contributed by atoms with Gasteiger partial charge in [-0.05, 0) is 31.8 Å². The summed E-state index contributed by atoms with van der Waals surface area (Å²) in [5.41, 5.74) is 0. The van der Waals surface area contributed by atoms with Crippen LogP contribution in [-0.2, 0) is 0 Å². The molecule has 0 bridgehead atoms. The van der Waals surface area contributed by atoms with E-state index in [0.29, 0.717) is 0 Å². The Hall–Kier alpha value is 1.56. The van der Waals surface area contributed by atoms with E-state index in [0.717, 1.165) is 19.0 Å². The largest absolute Gasteiger partial charge is 1.00 e. The van der Waals surface area contributed by atoms with Crippen LogP contribution in [0.3, 0.4) is 0 Å². The molecule has 0 saturated carbocycles. The minimum Gasteiger partial charge on any atom is -0.662 e. The zero-order valence-corrected chi connectivity index (χ0v) is 12.7. The summed E-state index contributed by atoms with van der Waals surface area (Å²) in [5.74, 6) is 0.954. The molecular weight excluding hydrogens is 199 g/mol. The Bertz CT molecular complexity index is 124. The van der Waals surface area contributed by atoms with E-state index >= 15 is 0 Å². The van der Waals surface area contributed by atoms with E-state index in [1.807, 2.05) is 0 Å². The fraction of sp³-hybridized carbons (Fsp3) is 1.00. The summed E-state index contributed by atoms with van der Waals surface area (Å²) in [6.45, 7) is 6.31. The van der Waals surface area contributed by atoms with E-state index in [-0.39, 0.29) is 51.4 Å². The van der Waals surface area contributed by atoms with Crippen LogP contribution in [0.25, 0.3) is 5.32 Å². The summed E-state index contributed by atoms with van der Waals surface area (Å²) >= 11 is 0. The van der Waals surface area contributed by atoms with Gasteiger partial charge in [0.15, 0.2) is 0 Å². The van der Waals surface area contributed by atoms with Gasteiger partial charge in [-0.25, -0.2) is 0 Å². The number of nitrogens with zero attached hydrogens (tertiary/aromatic N) is 2. The Balaban J connectivity index is 0.000000980. The molecule has 2 rings (SSSR count). The van der Waals surface area contributed by atoms with Crippen LogP contribution in [0.5, 0.6) is 0 Å². The van der Waals surface area contributed by atoms with Crippen molar-refractivity contribution < 1.29 is 51.4 Å². The molecule has 14 heavy (non-hydrogen) atoms. The van der Waals surface area contributed by atoms with Crippen molar-refractivity contribution >= 4 is 0 Å². The van der Waals surface area contributed by atoms with E-state index in [2.05, 4.69) is 10.2 Å². The first kappa shape index (κ1) is 13.6. The van der Waals surface area contributed by atoms with E-state index in [9.17, 15) is 0 Å². The molecule has 0 spiro atoms. The maximum absolute atomic E-state index is 4.40. The van der Waals surface area contributed by atoms with Crippen molar-refractivity contribution in [1.29, 1.82) is 0 Å². The Morgan fingerprint density at radius 2 is 1.64 bits per heavy atom. The maximum Gasteiger partial charge on any atom is 1.00 e. The van der Waals surface area contributed by atoms with Gasteiger partial charge in [-0.3, -0.25) is 0 Å². The number of piperidine rings is 2. The first-order valence-corrected chi connectivity index (χ1v) is 5.81. The number of hydrogen-bond acceptors (Lipinski definition) is 1. The molecule has 76 valence electrons. The molecule has 0 unspecified atom stereocenters. The zero-order valence-electron chi connectivity index (χ0n) is 9.54. The Labute approximate surface area is 131 Å². The van der Waals surface area contributed by atoms with E-state index in [1.54, 1.807) is 0 Å². The van der Waals surface area contributed by atoms with Crippen molar-refractivity contribution in [2.75, 3.05) is 32.7 Å². The van der Waals surface area contributed by atoms with Crippen molar-refractivity contribution in [1.82, 2.24) is 4.90 Å². The second-order valence-corrected chi connectivity index (χ2v) is 4.48. The molecule has 0 amide bonds. The molecule has 2 fully saturated rings. The molecule has 2 saturated heterocycles. The van der Waals surface area contributed by atoms with Crippen molar-refractivity contribution in [2.45, 2.75) is 32.1 Å². The SMILES string of the molecule is C1CCN(CC2CC[N-]CC2)CC1.[K+]. The fourth-order valence-corrected chi connectivity index (χ4v) is 2.49. The van der Waals surface area contributed by atoms with Gasteiger partial charge in [0.05, 0.1) is 0 Å². The number of hydrogen-bond donors (Lipinski definition) is 0. The molecule has 0 aromatic rings. The van der Waals surface area contributed by atoms with Gasteiger partial charge in [0, 0.05) is 6.54 Å². The monoisotopic (exact) mass is 220 g/mol. The van der Waals surface area contributed by atoms with Gasteiger partial charge < -0.3 is 10.2 Å². The van der Waals surface area contributed by atoms with Crippen molar-refractivity contribution in [3.63, 3.8) is 0 Å². The molecule has 0 aromatic carbocycles. The standard InChI is InChI=1S/C11H21N2.K/c1-2-8-13(9-3-1)10-11-4-6-12-7-5-11;/h11H,1-10H2;/q-1;+1. The minimum atomic E-state index is 0. The van der Waals surface area contributed by atoms with Crippen LogP contribution >= 0.6 is 0 Å². The van der Waals surface area contributed by atoms with Gasteiger partial charge in [-0.2, -0.15) is 0 Å². The third kappa shape index (κ3) is 4.60. The molecule has 0 radical (unpaired) electrons. The van der Waals surface area contributed by atoms with Crippen LogP contribution in [0, 0.1) is 5.92 Å². The van der Waals surface area contributed by atoms with Crippen LogP contribution in [0.15, 0.2) is 0 Å². The summed E-state index contributed by atoms with van der Waals surface area (Å²) in [4.78, 5) is 2.67. The molecule has 2 nitrogen and oxygen atoms in total. The first-order chi connectivity index (χ1) is 6.45. The maximum atomic E-state index is 4.40. The quantitative estimate of drug-likeness (QED) is 0.560. The van der Waals surface area contributed by atoms with Gasteiger partial charge >= 0.3 is 51.4 Å². The smallest absolute Gasteiger partial charge is 0.662 e. The summed E-state index contributed by atoms with van der Waals surface area (Å²) in [5, 5.41) is 4.40. The molecule has 2 heterocycles. The molecule has 0 N–H and O–H groups in total. The van der Waals surface area contributed by atoms with E-state index in [4.69, 9.17) is 0 Å². The van der Waals surface area contributed by atoms with Crippen molar-refractivity contribution in [3.05, 3.63) is 5.32 Å². The van der Waals surface area contributed by atoms with E-state index in [1.165, 1.54) is 51.7 Å². The molecule has 0 atom stereocenters. The van der Waals surface area contributed by atoms with Crippen LogP contribution in [0.1, 0.15) is 32.1 Å². The molecular formula is C11H21KN2. The molecule has 2 aliphatic rings. The topological polar surface area (TPSA) is 17.3 Å². The van der Waals surface area contributed by atoms with Crippen LogP contribution in [-0.4, -0.2) is 37.6 Å². The fourth-order valence-electron chi connectivity index (χ4n) is 2.49. The molecule has 2 aliphatic heterocycles. The second-order valence-electron chi connectivity index (χ2n) is 4.48. The third-order valence-corrected chi connectivity index (χ3v) is 3.36. The van der Waals surface area contributed by atoms with Gasteiger partial charge in [-0.1, -0.05) is 19.3 Å². The Morgan fingerprint density at radius 3 is 2.29 bits per heavy atom. The summed E-state index contributed by atoms with van der Waals surface area (Å²) in [7, 11) is 0. The normalized spacial score (nSPS) is 25.7. The van der Waals surface area contributed by atoms with Crippen molar-refractivity contribution in [3.8, 4) is 0 Å². The minimum absolute atomic E-state index is 0. The molecule has 0 aliphatic carbocycles. The van der Waals surface area contributed by atoms with Crippen molar-refractivity contribution in [2.24, 2.45) is 5.92 Å². The summed E-state index contributed by atoms with van der Waals surface area (Å²) < 4.78 is 0. The number of rotatable bonds is 2. The predicted molar refractivity (Wildman–Crippen MR) is 56.1 cm³/mol. The summed E-state index contributed by atoms with van der Waals surface area (Å²) in [6, 6.07) is 0. The average Bonchev–Trinajstić information content (AvgIpc) is 2.21. The number of likely N-dealkylation sites (tertiary alicyclic amines) is 1. The molecule has 0 aromatic heterocycles. The predicted octanol–water partition coefficient (Wildman–Crippen LogP) is -0.740. The third-order valence-electron chi connectivity index (χ3n) is 3.36. The van der Waals surface area contributed by atoms with E-state index < -0.39 is 0 Å². The Morgan fingerprint density at radius 1 is 1.00 bits per heavy atom. The average molecular weight is 220 g/mol. The van der Waals surface area contributed by atoms with Crippen LogP contribution < -0.4 is 51.4 Å². The van der Waals surface area contributed by atoms with Gasteiger partial charge in [0.1, 0.15) is 0 Å². The van der Waals surface area contributed by atoms with Gasteiger partial charge in [-0.15, -0.1) is 13.1 Å². The van der Waals surface area contributed by atoms with Crippen LogP contribution in [0.2, 0.25) is 0 Å². The van der Waals surface area contributed by atoms with Crippen LogP contribution in [0.4, 0.5) is 0 Å². The van der Waals surface area contributed by atoms with Gasteiger partial charge in [0.2, 0.25) is 0 Å². The summed E-state index contributed by atoms with van der Waals surface area (Å²) in [6.07, 6.45) is 7.00. The second kappa shape index (κ2) is 7.77. The molecule has 3 heteroatoms. The van der Waals surface area contributed by atoms with Gasteiger partial charge in [0.25, 0.3) is 0 Å². The zero-order chi connectivity index (χ0) is 8.93. The Kier molecular flexibility index (Phi) is 7.56.